The summed E-state index contributed by atoms with van der Waals surface area (Å²) >= 11 is 0. The van der Waals surface area contributed by atoms with E-state index in [0.29, 0.717) is 0 Å². The molecule has 0 saturated heterocycles. The molecule has 0 bridgehead atoms. The molecule has 0 aromatic carbocycles. The average Bonchev–Trinajstić information content (AvgIpc) is 1.85. The number of halogens is 3. The van der Waals surface area contributed by atoms with Crippen LogP contribution in [0.25, 0.3) is 0 Å². The Morgan fingerprint density at radius 1 is 1.45 bits per heavy atom. The third-order valence-electron chi connectivity index (χ3n) is 1.40. The van der Waals surface area contributed by atoms with Crippen LogP contribution in [0.15, 0.2) is 0 Å². The normalized spacial score (nSPS) is 15.5. The molecular formula is C6H12F3NO. The van der Waals surface area contributed by atoms with Gasteiger partial charge in [-0.2, -0.15) is 18.2 Å². The second-order valence-electron chi connectivity index (χ2n) is 2.44. The molecule has 0 N–H and O–H groups in total. The number of hydroxylamine groups is 2. The maximum Gasteiger partial charge on any atom is 0.392 e. The molecule has 5 heteroatoms. The van der Waals surface area contributed by atoms with Crippen LogP contribution >= 0.6 is 0 Å². The Balaban J connectivity index is 3.77. The Kier molecular flexibility index (Phi) is 3.82. The first-order chi connectivity index (χ1) is 4.88. The van der Waals surface area contributed by atoms with E-state index in [0.717, 1.165) is 12.0 Å². The summed E-state index contributed by atoms with van der Waals surface area (Å²) in [7, 11) is 2.80. The third-order valence-corrected chi connectivity index (χ3v) is 1.40. The van der Waals surface area contributed by atoms with Crippen LogP contribution in [-0.2, 0) is 4.84 Å². The zero-order valence-electron chi connectivity index (χ0n) is 6.77. The number of nitrogens with zero attached hydrogens (tertiary/aromatic N) is 1. The van der Waals surface area contributed by atoms with Crippen molar-refractivity contribution in [2.24, 2.45) is 5.92 Å². The summed E-state index contributed by atoms with van der Waals surface area (Å²) in [6, 6.07) is 0. The highest BCUT2D eigenvalue weighted by Crippen LogP contribution is 2.25. The van der Waals surface area contributed by atoms with Crippen molar-refractivity contribution in [1.82, 2.24) is 5.06 Å². The summed E-state index contributed by atoms with van der Waals surface area (Å²) in [5.41, 5.74) is 0. The summed E-state index contributed by atoms with van der Waals surface area (Å²) in [5.74, 6) is -1.35. The van der Waals surface area contributed by atoms with Crippen molar-refractivity contribution in [1.29, 1.82) is 0 Å². The Hall–Kier alpha value is -0.290. The van der Waals surface area contributed by atoms with Crippen molar-refractivity contribution in [3.63, 3.8) is 0 Å². The van der Waals surface area contributed by atoms with E-state index in [1.165, 1.54) is 14.2 Å². The first kappa shape index (κ1) is 10.7. The quantitative estimate of drug-likeness (QED) is 0.599. The van der Waals surface area contributed by atoms with E-state index >= 15 is 0 Å². The van der Waals surface area contributed by atoms with Gasteiger partial charge < -0.3 is 4.84 Å². The van der Waals surface area contributed by atoms with Crippen LogP contribution in [0.2, 0.25) is 0 Å². The van der Waals surface area contributed by atoms with Crippen LogP contribution in [0.4, 0.5) is 13.2 Å². The van der Waals surface area contributed by atoms with Gasteiger partial charge in [0, 0.05) is 13.6 Å². The first-order valence-corrected chi connectivity index (χ1v) is 3.20. The van der Waals surface area contributed by atoms with Crippen molar-refractivity contribution >= 4 is 0 Å². The summed E-state index contributed by atoms with van der Waals surface area (Å²) in [5, 5.41) is 1.15. The Morgan fingerprint density at radius 2 is 1.91 bits per heavy atom. The average molecular weight is 171 g/mol. The highest BCUT2D eigenvalue weighted by atomic mass is 19.4. The predicted molar refractivity (Wildman–Crippen MR) is 34.9 cm³/mol. The molecule has 0 heterocycles. The molecule has 68 valence electrons. The molecule has 0 saturated carbocycles. The fraction of sp³-hybridized carbons (Fsp3) is 1.00. The van der Waals surface area contributed by atoms with E-state index in [1.807, 2.05) is 0 Å². The lowest BCUT2D eigenvalue weighted by Crippen LogP contribution is -2.32. The zero-order chi connectivity index (χ0) is 9.07. The van der Waals surface area contributed by atoms with Gasteiger partial charge in [-0.15, -0.1) is 0 Å². The number of alkyl halides is 3. The number of hydrogen-bond acceptors (Lipinski definition) is 2. The molecule has 11 heavy (non-hydrogen) atoms. The van der Waals surface area contributed by atoms with Gasteiger partial charge in [0.25, 0.3) is 0 Å². The van der Waals surface area contributed by atoms with Gasteiger partial charge in [0.15, 0.2) is 0 Å². The van der Waals surface area contributed by atoms with Crippen molar-refractivity contribution < 1.29 is 18.0 Å². The van der Waals surface area contributed by atoms with E-state index in [4.69, 9.17) is 0 Å². The molecule has 0 radical (unpaired) electrons. The van der Waals surface area contributed by atoms with E-state index in [2.05, 4.69) is 4.84 Å². The van der Waals surface area contributed by atoms with E-state index in [-0.39, 0.29) is 6.54 Å². The van der Waals surface area contributed by atoms with Crippen LogP contribution in [0, 0.1) is 5.92 Å². The summed E-state index contributed by atoms with van der Waals surface area (Å²) in [4.78, 5) is 4.55. The van der Waals surface area contributed by atoms with Gasteiger partial charge in [-0.3, -0.25) is 0 Å². The van der Waals surface area contributed by atoms with Crippen LogP contribution in [0.3, 0.4) is 0 Å². The highest BCUT2D eigenvalue weighted by Gasteiger charge is 2.36. The molecule has 2 nitrogen and oxygen atoms in total. The van der Waals surface area contributed by atoms with Crippen molar-refractivity contribution in [2.45, 2.75) is 13.1 Å². The molecule has 0 aliphatic heterocycles. The van der Waals surface area contributed by atoms with Crippen molar-refractivity contribution in [3.05, 3.63) is 0 Å². The molecule has 0 aromatic heterocycles. The van der Waals surface area contributed by atoms with Gasteiger partial charge in [-0.05, 0) is 0 Å². The Bertz CT molecular complexity index is 115. The molecule has 0 aliphatic carbocycles. The van der Waals surface area contributed by atoms with E-state index in [1.54, 1.807) is 0 Å². The fourth-order valence-corrected chi connectivity index (χ4v) is 0.564. The molecule has 0 amide bonds. The van der Waals surface area contributed by atoms with Gasteiger partial charge in [0.2, 0.25) is 0 Å². The van der Waals surface area contributed by atoms with Crippen LogP contribution in [0.1, 0.15) is 6.92 Å². The molecule has 0 rings (SSSR count). The van der Waals surface area contributed by atoms with E-state index in [9.17, 15) is 13.2 Å². The molecule has 1 atom stereocenters. The maximum atomic E-state index is 11.9. The fourth-order valence-electron chi connectivity index (χ4n) is 0.564. The first-order valence-electron chi connectivity index (χ1n) is 3.20. The minimum absolute atomic E-state index is 0.139. The minimum Gasteiger partial charge on any atom is -0.303 e. The lowest BCUT2D eigenvalue weighted by molar-refractivity contribution is -0.201. The largest absolute Gasteiger partial charge is 0.392 e. The standard InChI is InChI=1S/C6H12F3NO/c1-5(6(7,8)9)4-10(2)11-3/h5H,4H2,1-3H3. The topological polar surface area (TPSA) is 12.5 Å². The highest BCUT2D eigenvalue weighted by molar-refractivity contribution is 4.62. The monoisotopic (exact) mass is 171 g/mol. The van der Waals surface area contributed by atoms with Crippen LogP contribution in [0.5, 0.6) is 0 Å². The van der Waals surface area contributed by atoms with Gasteiger partial charge in [-0.25, -0.2) is 0 Å². The molecule has 0 fully saturated rings. The van der Waals surface area contributed by atoms with Gasteiger partial charge in [0.1, 0.15) is 0 Å². The van der Waals surface area contributed by atoms with Crippen molar-refractivity contribution in [2.75, 3.05) is 20.7 Å². The molecule has 0 aliphatic rings. The molecule has 0 spiro atoms. The predicted octanol–water partition coefficient (Wildman–Crippen LogP) is 1.68. The molecular weight excluding hydrogens is 159 g/mol. The van der Waals surface area contributed by atoms with Gasteiger partial charge in [-0.1, -0.05) is 6.92 Å². The summed E-state index contributed by atoms with van der Waals surface area (Å²) in [6.07, 6.45) is -4.13. The summed E-state index contributed by atoms with van der Waals surface area (Å²) in [6.45, 7) is 0.982. The minimum atomic E-state index is -4.13. The number of hydrogen-bond donors (Lipinski definition) is 0. The van der Waals surface area contributed by atoms with Gasteiger partial charge >= 0.3 is 6.18 Å². The molecule has 0 aromatic rings. The second kappa shape index (κ2) is 3.92. The Labute approximate surface area is 63.9 Å². The van der Waals surface area contributed by atoms with Crippen LogP contribution in [-0.4, -0.2) is 31.9 Å². The third kappa shape index (κ3) is 4.21. The maximum absolute atomic E-state index is 11.9. The lowest BCUT2D eigenvalue weighted by atomic mass is 10.2. The molecule has 1 unspecified atom stereocenters. The lowest BCUT2D eigenvalue weighted by Gasteiger charge is -2.20. The second-order valence-corrected chi connectivity index (χ2v) is 2.44. The smallest absolute Gasteiger partial charge is 0.303 e. The summed E-state index contributed by atoms with van der Waals surface area (Å²) < 4.78 is 35.6. The van der Waals surface area contributed by atoms with Crippen molar-refractivity contribution in [3.8, 4) is 0 Å². The number of rotatable bonds is 3. The van der Waals surface area contributed by atoms with E-state index < -0.39 is 12.1 Å². The Morgan fingerprint density at radius 3 is 2.18 bits per heavy atom. The SMILES string of the molecule is CON(C)CC(C)C(F)(F)F. The zero-order valence-corrected chi connectivity index (χ0v) is 6.77. The van der Waals surface area contributed by atoms with Crippen LogP contribution < -0.4 is 0 Å². The van der Waals surface area contributed by atoms with Gasteiger partial charge in [0.05, 0.1) is 13.0 Å².